The Morgan fingerprint density at radius 1 is 0.919 bits per heavy atom. The molecule has 4 atom stereocenters. The van der Waals surface area contributed by atoms with Crippen LogP contribution in [0.5, 0.6) is 0 Å². The zero-order valence-electron chi connectivity index (χ0n) is 20.8. The van der Waals surface area contributed by atoms with Gasteiger partial charge in [0.1, 0.15) is 6.04 Å². The van der Waals surface area contributed by atoms with Gasteiger partial charge in [-0.15, -0.1) is 0 Å². The fourth-order valence-corrected chi connectivity index (χ4v) is 3.80. The average molecular weight is 595 g/mol. The van der Waals surface area contributed by atoms with Crippen LogP contribution < -0.4 is 44.2 Å². The van der Waals surface area contributed by atoms with Crippen molar-refractivity contribution in [2.24, 2.45) is 27.9 Å². The van der Waals surface area contributed by atoms with Crippen LogP contribution in [0.1, 0.15) is 32.6 Å². The molecule has 210 valence electrons. The van der Waals surface area contributed by atoms with Crippen LogP contribution in [0.25, 0.3) is 0 Å². The van der Waals surface area contributed by atoms with Gasteiger partial charge in [-0.2, -0.15) is 0 Å². The molecular weight excluding hydrogens is 557 g/mol. The second-order valence-corrected chi connectivity index (χ2v) is 10.0. The van der Waals surface area contributed by atoms with E-state index in [1.165, 1.54) is 6.92 Å². The Hall–Kier alpha value is -3.43. The quantitative estimate of drug-likeness (QED) is 0.0317. The predicted octanol–water partition coefficient (Wildman–Crippen LogP) is -4.52. The number of hydrogen-bond donors (Lipinski definition) is 9. The summed E-state index contributed by atoms with van der Waals surface area (Å²) >= 11 is 0.310. The summed E-state index contributed by atoms with van der Waals surface area (Å²) < 4.78 is 0. The average Bonchev–Trinajstić information content (AvgIpc) is 2.81. The summed E-state index contributed by atoms with van der Waals surface area (Å²) in [6.45, 7) is 0.928. The van der Waals surface area contributed by atoms with Gasteiger partial charge in [-0.25, -0.2) is 4.79 Å². The summed E-state index contributed by atoms with van der Waals surface area (Å²) in [6.07, 6.45) is 0.234. The van der Waals surface area contributed by atoms with Crippen molar-refractivity contribution in [2.75, 3.05) is 13.1 Å². The maximum absolute atomic E-state index is 12.6. The third kappa shape index (κ3) is 15.3. The molecule has 16 nitrogen and oxygen atoms in total. The Morgan fingerprint density at radius 2 is 1.57 bits per heavy atom. The number of carboxylic acids is 1. The summed E-state index contributed by atoms with van der Waals surface area (Å²) in [4.78, 5) is 75.6. The van der Waals surface area contributed by atoms with Gasteiger partial charge in [0.2, 0.25) is 5.91 Å². The third-order valence-corrected chi connectivity index (χ3v) is 6.11. The van der Waals surface area contributed by atoms with Gasteiger partial charge in [0.05, 0.1) is 0 Å². The van der Waals surface area contributed by atoms with Crippen LogP contribution >= 0.6 is 0 Å². The molecule has 0 aliphatic carbocycles. The number of aliphatic imine (C=N–C) groups is 1. The van der Waals surface area contributed by atoms with Gasteiger partial charge in [-0.05, 0) is 12.8 Å². The standard InChI is InChI=1S/C20H37N9O7Se/c1-10(27-18(34)13(8-14(22)30)29-17(33)11(21)5-7-37-2)16(32)26-9-15(31)28-12(19(35)36)4-3-6-25-20(23)24/h10-13H,3-9,21H2,1-2H3,(H2,22,30)(H,26,32)(H,27,34)(H,28,31)(H,29,33)(H,35,36)(H4,23,24,25)/t10-,11-,12-,13-/m0/s1. The van der Waals surface area contributed by atoms with Crippen molar-refractivity contribution in [3.8, 4) is 0 Å². The number of carbonyl (C=O) groups excluding carboxylic acids is 5. The molecule has 0 fully saturated rings. The van der Waals surface area contributed by atoms with Crippen LogP contribution in [0.3, 0.4) is 0 Å². The first-order valence-electron chi connectivity index (χ1n) is 11.3. The molecule has 5 amide bonds. The summed E-state index contributed by atoms with van der Waals surface area (Å²) in [5.41, 5.74) is 21.3. The molecule has 0 aliphatic heterocycles. The number of guanidine groups is 1. The second kappa shape index (κ2) is 17.9. The summed E-state index contributed by atoms with van der Waals surface area (Å²) in [5, 5.41) is 19.2. The fraction of sp³-hybridized carbons (Fsp3) is 0.650. The van der Waals surface area contributed by atoms with Gasteiger partial charge in [-0.3, -0.25) is 9.79 Å². The molecule has 37 heavy (non-hydrogen) atoms. The number of nitrogens with zero attached hydrogens (tertiary/aromatic N) is 1. The van der Waals surface area contributed by atoms with Gasteiger partial charge in [0, 0.05) is 6.54 Å². The van der Waals surface area contributed by atoms with E-state index in [-0.39, 0.29) is 25.3 Å². The van der Waals surface area contributed by atoms with Crippen molar-refractivity contribution >= 4 is 56.4 Å². The molecular formula is C20H37N9O7Se. The monoisotopic (exact) mass is 595 g/mol. The fourth-order valence-electron chi connectivity index (χ4n) is 2.77. The Bertz CT molecular complexity index is 852. The van der Waals surface area contributed by atoms with Crippen molar-refractivity contribution < 1.29 is 33.9 Å². The first-order chi connectivity index (χ1) is 17.3. The summed E-state index contributed by atoms with van der Waals surface area (Å²) in [6, 6.07) is -4.61. The number of nitrogens with two attached hydrogens (primary N) is 4. The molecule has 0 saturated carbocycles. The Morgan fingerprint density at radius 3 is 2.11 bits per heavy atom. The van der Waals surface area contributed by atoms with Crippen LogP contribution in [0, 0.1) is 0 Å². The summed E-state index contributed by atoms with van der Waals surface area (Å²) in [7, 11) is 0. The molecule has 0 radical (unpaired) electrons. The van der Waals surface area contributed by atoms with E-state index in [0.29, 0.717) is 21.4 Å². The van der Waals surface area contributed by atoms with E-state index in [1.54, 1.807) is 0 Å². The molecule has 0 spiro atoms. The normalized spacial score (nSPS) is 13.7. The van der Waals surface area contributed by atoms with Gasteiger partial charge in [0.25, 0.3) is 0 Å². The van der Waals surface area contributed by atoms with Gasteiger partial charge < -0.3 is 21.9 Å². The van der Waals surface area contributed by atoms with Crippen molar-refractivity contribution in [1.82, 2.24) is 21.3 Å². The molecule has 0 aromatic rings. The smallest absolute Gasteiger partial charge is 0.480 e. The SMILES string of the molecule is C[Se]CC[C@H](N)C(=O)N[C@@H](CC(N)=O)C(=O)N[C@@H](C)C(=O)NCC(=O)N[C@@H](CCCN=C(N)N)C(=O)O. The van der Waals surface area contributed by atoms with E-state index in [0.717, 1.165) is 5.32 Å². The zero-order chi connectivity index (χ0) is 28.5. The van der Waals surface area contributed by atoms with Crippen molar-refractivity contribution in [3.05, 3.63) is 0 Å². The minimum Gasteiger partial charge on any atom is -0.480 e. The van der Waals surface area contributed by atoms with Crippen LogP contribution in [0.2, 0.25) is 11.1 Å². The van der Waals surface area contributed by atoms with E-state index >= 15 is 0 Å². The Kier molecular flexibility index (Phi) is 16.3. The van der Waals surface area contributed by atoms with E-state index in [9.17, 15) is 33.9 Å². The molecule has 0 bridgehead atoms. The number of hydrogen-bond acceptors (Lipinski definition) is 8. The van der Waals surface area contributed by atoms with Crippen LogP contribution in [0.15, 0.2) is 4.99 Å². The van der Waals surface area contributed by atoms with Crippen molar-refractivity contribution in [1.29, 1.82) is 0 Å². The van der Waals surface area contributed by atoms with Gasteiger partial charge in [0.15, 0.2) is 5.96 Å². The second-order valence-electron chi connectivity index (χ2n) is 7.97. The van der Waals surface area contributed by atoms with Crippen LogP contribution in [0.4, 0.5) is 0 Å². The maximum atomic E-state index is 12.6. The number of primary amides is 1. The molecule has 0 saturated heterocycles. The Balaban J connectivity index is 4.83. The first-order valence-corrected chi connectivity index (χ1v) is 14.2. The van der Waals surface area contributed by atoms with Gasteiger partial charge in [-0.1, -0.05) is 0 Å². The third-order valence-electron chi connectivity index (χ3n) is 4.76. The Labute approximate surface area is 220 Å². The summed E-state index contributed by atoms with van der Waals surface area (Å²) in [5.74, 6) is -3.31. The molecule has 0 rings (SSSR count). The number of nitrogens with one attached hydrogen (secondary N) is 4. The van der Waals surface area contributed by atoms with Crippen LogP contribution in [-0.4, -0.2) is 98.8 Å². The zero-order valence-corrected chi connectivity index (χ0v) is 22.5. The van der Waals surface area contributed by atoms with Gasteiger partial charge >= 0.3 is 147 Å². The molecule has 0 aromatic heterocycles. The predicted molar refractivity (Wildman–Crippen MR) is 135 cm³/mol. The van der Waals surface area contributed by atoms with E-state index in [2.05, 4.69) is 26.3 Å². The minimum absolute atomic E-state index is 0.0498. The number of carbonyl (C=O) groups is 6. The number of carboxylic acid groups (broad SMARTS) is 1. The van der Waals surface area contributed by atoms with E-state index < -0.39 is 72.6 Å². The van der Waals surface area contributed by atoms with E-state index in [4.69, 9.17) is 22.9 Å². The molecule has 0 aliphatic rings. The van der Waals surface area contributed by atoms with Crippen LogP contribution in [-0.2, 0) is 28.8 Å². The van der Waals surface area contributed by atoms with Crippen molar-refractivity contribution in [3.63, 3.8) is 0 Å². The molecule has 0 aromatic carbocycles. The first kappa shape index (κ1) is 33.6. The van der Waals surface area contributed by atoms with Crippen molar-refractivity contribution in [2.45, 2.75) is 67.9 Å². The molecule has 17 heteroatoms. The molecule has 0 unspecified atom stereocenters. The number of aliphatic carboxylic acids is 1. The molecule has 13 N–H and O–H groups in total. The number of amides is 5. The number of rotatable bonds is 18. The topological polar surface area (TPSA) is 287 Å². The molecule has 0 heterocycles. The minimum atomic E-state index is -1.35. The van der Waals surface area contributed by atoms with E-state index in [1.807, 2.05) is 5.82 Å².